The zero-order valence-electron chi connectivity index (χ0n) is 18.3. The van der Waals surface area contributed by atoms with Crippen molar-refractivity contribution in [1.82, 2.24) is 0 Å². The molecule has 0 saturated carbocycles. The number of hydrogen-bond acceptors (Lipinski definition) is 5. The zero-order valence-corrected chi connectivity index (χ0v) is 19.1. The van der Waals surface area contributed by atoms with Gasteiger partial charge in [0.25, 0.3) is 17.7 Å². The summed E-state index contributed by atoms with van der Waals surface area (Å²) in [5, 5.41) is 22.7. The van der Waals surface area contributed by atoms with Gasteiger partial charge in [-0.1, -0.05) is 11.6 Å². The summed E-state index contributed by atoms with van der Waals surface area (Å²) in [5.74, 6) is -5.81. The molecule has 184 valence electrons. The van der Waals surface area contributed by atoms with E-state index >= 15 is 0 Å². The molecule has 0 bridgehead atoms. The van der Waals surface area contributed by atoms with E-state index < -0.39 is 54.3 Å². The van der Waals surface area contributed by atoms with Gasteiger partial charge in [0.2, 0.25) is 0 Å². The molecule has 0 spiro atoms. The molecule has 0 fully saturated rings. The topological polar surface area (TPSA) is 103 Å². The number of fused-ring (bicyclic) bond motifs is 1. The summed E-state index contributed by atoms with van der Waals surface area (Å²) >= 11 is 5.95. The number of amides is 2. The molecule has 1 aromatic heterocycles. The van der Waals surface area contributed by atoms with Crippen LogP contribution < -0.4 is 10.2 Å². The number of benzene rings is 2. The number of carbonyl (C=O) groups excluding carboxylic acids is 2. The minimum Gasteiger partial charge on any atom is -0.469 e. The molecule has 3 N–H and O–H groups in total. The van der Waals surface area contributed by atoms with Gasteiger partial charge < -0.3 is 24.8 Å². The molecule has 1 aliphatic heterocycles. The lowest BCUT2D eigenvalue weighted by atomic mass is 9.86. The summed E-state index contributed by atoms with van der Waals surface area (Å²) in [5.41, 5.74) is -3.67. The van der Waals surface area contributed by atoms with Crippen molar-refractivity contribution in [2.24, 2.45) is 0 Å². The molecule has 0 saturated heterocycles. The Morgan fingerprint density at radius 1 is 1.20 bits per heavy atom. The molecule has 2 amide bonds. The number of hydrogen-bond donors (Lipinski definition) is 3. The molecule has 1 atom stereocenters. The molecule has 2 aromatic carbocycles. The van der Waals surface area contributed by atoms with Gasteiger partial charge in [-0.3, -0.25) is 9.59 Å². The van der Waals surface area contributed by atoms with Crippen molar-refractivity contribution in [3.8, 4) is 0 Å². The number of rotatable bonds is 4. The van der Waals surface area contributed by atoms with Gasteiger partial charge >= 0.3 is 0 Å². The lowest BCUT2D eigenvalue weighted by molar-refractivity contribution is -0.205. The lowest BCUT2D eigenvalue weighted by Gasteiger charge is -2.33. The predicted molar refractivity (Wildman–Crippen MR) is 121 cm³/mol. The van der Waals surface area contributed by atoms with Crippen molar-refractivity contribution >= 4 is 34.8 Å². The third-order valence-corrected chi connectivity index (χ3v) is 6.23. The summed E-state index contributed by atoms with van der Waals surface area (Å²) < 4.78 is 49.5. The second-order valence-corrected chi connectivity index (χ2v) is 8.57. The van der Waals surface area contributed by atoms with Gasteiger partial charge in [-0.05, 0) is 49.4 Å². The first-order chi connectivity index (χ1) is 16.5. The molecule has 0 aliphatic carbocycles. The number of aliphatic hydroxyl groups is 2. The van der Waals surface area contributed by atoms with Crippen molar-refractivity contribution < 1.29 is 37.4 Å². The summed E-state index contributed by atoms with van der Waals surface area (Å²) in [6.07, 6.45) is 0.346. The van der Waals surface area contributed by atoms with Gasteiger partial charge in [-0.2, -0.15) is 0 Å². The van der Waals surface area contributed by atoms with Crippen LogP contribution in [0.5, 0.6) is 0 Å². The Balaban J connectivity index is 1.67. The maximum absolute atomic E-state index is 14.8. The van der Waals surface area contributed by atoms with Gasteiger partial charge in [0.1, 0.15) is 11.6 Å². The van der Waals surface area contributed by atoms with Crippen molar-refractivity contribution in [3.05, 3.63) is 82.0 Å². The Bertz CT molecular complexity index is 1310. The number of nitrogens with one attached hydrogen (secondary N) is 1. The molecule has 4 rings (SSSR count). The minimum atomic E-state index is -3.79. The number of nitrogens with zero attached hydrogens (tertiary/aromatic N) is 1. The number of furan rings is 1. The van der Waals surface area contributed by atoms with Crippen molar-refractivity contribution in [1.29, 1.82) is 0 Å². The van der Waals surface area contributed by atoms with Gasteiger partial charge in [-0.15, -0.1) is 0 Å². The molecule has 1 aliphatic rings. The SMILES string of the molecule is Cc1occc1C(=O)Nc1ccc(C(=O)N2CCC(F)(F)[C@](O)(CO)c3cc(Cl)ccc32)cc1F. The van der Waals surface area contributed by atoms with Crippen LogP contribution >= 0.6 is 11.6 Å². The van der Waals surface area contributed by atoms with E-state index in [-0.39, 0.29) is 27.5 Å². The van der Waals surface area contributed by atoms with E-state index in [1.165, 1.54) is 36.6 Å². The first-order valence-corrected chi connectivity index (χ1v) is 10.8. The average Bonchev–Trinajstić information content (AvgIpc) is 3.23. The number of aliphatic hydroxyl groups excluding tert-OH is 1. The third kappa shape index (κ3) is 4.29. The van der Waals surface area contributed by atoms with Crippen LogP contribution in [0.25, 0.3) is 0 Å². The van der Waals surface area contributed by atoms with E-state index in [4.69, 9.17) is 16.0 Å². The molecular weight excluding hydrogens is 489 g/mol. The number of alkyl halides is 2. The van der Waals surface area contributed by atoms with Crippen LogP contribution in [0.3, 0.4) is 0 Å². The van der Waals surface area contributed by atoms with E-state index in [0.29, 0.717) is 5.76 Å². The van der Waals surface area contributed by atoms with Crippen LogP contribution in [0.2, 0.25) is 5.02 Å². The monoisotopic (exact) mass is 508 g/mol. The van der Waals surface area contributed by atoms with Gasteiger partial charge in [0.15, 0.2) is 5.60 Å². The highest BCUT2D eigenvalue weighted by molar-refractivity contribution is 6.30. The number of carbonyl (C=O) groups is 2. The van der Waals surface area contributed by atoms with Crippen molar-refractivity contribution in [2.75, 3.05) is 23.4 Å². The highest BCUT2D eigenvalue weighted by atomic mass is 35.5. The predicted octanol–water partition coefficient (Wildman–Crippen LogP) is 4.50. The number of halogens is 4. The highest BCUT2D eigenvalue weighted by Crippen LogP contribution is 2.47. The van der Waals surface area contributed by atoms with Crippen LogP contribution in [0.1, 0.15) is 38.5 Å². The van der Waals surface area contributed by atoms with E-state index in [9.17, 15) is 33.0 Å². The lowest BCUT2D eigenvalue weighted by Crippen LogP contribution is -2.48. The van der Waals surface area contributed by atoms with E-state index in [0.717, 1.165) is 17.0 Å². The van der Waals surface area contributed by atoms with Gasteiger partial charge in [-0.25, -0.2) is 13.2 Å². The fourth-order valence-electron chi connectivity index (χ4n) is 3.98. The Kier molecular flexibility index (Phi) is 6.39. The van der Waals surface area contributed by atoms with Gasteiger partial charge in [0, 0.05) is 29.1 Å². The molecule has 0 radical (unpaired) electrons. The normalized spacial score (nSPS) is 19.1. The molecular formula is C24H20ClF3N2O5. The minimum absolute atomic E-state index is 0.0136. The maximum atomic E-state index is 14.8. The van der Waals surface area contributed by atoms with Crippen LogP contribution in [-0.4, -0.2) is 41.1 Å². The maximum Gasteiger partial charge on any atom is 0.284 e. The summed E-state index contributed by atoms with van der Waals surface area (Å²) in [7, 11) is 0. The Hall–Kier alpha value is -3.34. The molecule has 2 heterocycles. The molecule has 0 unspecified atom stereocenters. The van der Waals surface area contributed by atoms with Crippen LogP contribution in [0.4, 0.5) is 24.5 Å². The fraction of sp³-hybridized carbons (Fsp3) is 0.250. The van der Waals surface area contributed by atoms with E-state index in [2.05, 4.69) is 5.32 Å². The average molecular weight is 509 g/mol. The van der Waals surface area contributed by atoms with Crippen LogP contribution in [0.15, 0.2) is 53.1 Å². The summed E-state index contributed by atoms with van der Waals surface area (Å²) in [6.45, 7) is -0.266. The standard InChI is InChI=1S/C24H20ClF3N2O5/c1-13-16(6-9-35-13)21(32)29-19-4-2-14(10-18(19)26)22(33)30-8-7-24(27,28)23(34,12-31)17-11-15(25)3-5-20(17)30/h2-6,9-11,31,34H,7-8,12H2,1H3,(H,29,32)/t23-/m0/s1. The second kappa shape index (κ2) is 9.03. The molecule has 35 heavy (non-hydrogen) atoms. The third-order valence-electron chi connectivity index (χ3n) is 5.99. The summed E-state index contributed by atoms with van der Waals surface area (Å²) in [6, 6.07) is 8.39. The Labute approximate surface area is 202 Å². The van der Waals surface area contributed by atoms with Crippen molar-refractivity contribution in [3.63, 3.8) is 0 Å². The quantitative estimate of drug-likeness (QED) is 0.481. The Morgan fingerprint density at radius 3 is 2.57 bits per heavy atom. The Morgan fingerprint density at radius 2 is 1.94 bits per heavy atom. The highest BCUT2D eigenvalue weighted by Gasteiger charge is 2.56. The smallest absolute Gasteiger partial charge is 0.284 e. The number of anilines is 2. The first kappa shape index (κ1) is 24.8. The fourth-order valence-corrected chi connectivity index (χ4v) is 4.15. The van der Waals surface area contributed by atoms with E-state index in [1.807, 2.05) is 0 Å². The molecule has 11 heteroatoms. The first-order valence-electron chi connectivity index (χ1n) is 10.5. The second-order valence-electron chi connectivity index (χ2n) is 8.13. The van der Waals surface area contributed by atoms with Crippen LogP contribution in [0, 0.1) is 12.7 Å². The molecule has 3 aromatic rings. The largest absolute Gasteiger partial charge is 0.469 e. The van der Waals surface area contributed by atoms with E-state index in [1.54, 1.807) is 6.92 Å². The molecule has 7 nitrogen and oxygen atoms in total. The van der Waals surface area contributed by atoms with Crippen LogP contribution in [-0.2, 0) is 5.60 Å². The zero-order chi connectivity index (χ0) is 25.5. The van der Waals surface area contributed by atoms with Crippen molar-refractivity contribution in [2.45, 2.75) is 24.9 Å². The number of aryl methyl sites for hydroxylation is 1. The summed E-state index contributed by atoms with van der Waals surface area (Å²) in [4.78, 5) is 26.6. The van der Waals surface area contributed by atoms with Gasteiger partial charge in [0.05, 0.1) is 29.8 Å².